The van der Waals surface area contributed by atoms with E-state index in [1.807, 2.05) is 27.5 Å². The predicted molar refractivity (Wildman–Crippen MR) is 110 cm³/mol. The van der Waals surface area contributed by atoms with Gasteiger partial charge in [-0.2, -0.15) is 0 Å². The molecule has 146 valence electrons. The first-order chi connectivity index (χ1) is 13.6. The van der Waals surface area contributed by atoms with Crippen LogP contribution in [0.3, 0.4) is 0 Å². The summed E-state index contributed by atoms with van der Waals surface area (Å²) in [5.74, 6) is 0.850. The number of hydrogen-bond donors (Lipinski definition) is 0. The highest BCUT2D eigenvalue weighted by molar-refractivity contribution is 7.99. The zero-order valence-electron chi connectivity index (χ0n) is 16.1. The molecule has 0 saturated heterocycles. The highest BCUT2D eigenvalue weighted by atomic mass is 32.2. The van der Waals surface area contributed by atoms with Crippen molar-refractivity contribution in [2.75, 3.05) is 12.3 Å². The summed E-state index contributed by atoms with van der Waals surface area (Å²) in [5.41, 5.74) is 1.79. The van der Waals surface area contributed by atoms with Crippen molar-refractivity contribution in [3.63, 3.8) is 0 Å². The molecule has 0 saturated carbocycles. The Morgan fingerprint density at radius 1 is 1.29 bits per heavy atom. The van der Waals surface area contributed by atoms with Gasteiger partial charge >= 0.3 is 0 Å². The van der Waals surface area contributed by atoms with E-state index in [2.05, 4.69) is 23.2 Å². The van der Waals surface area contributed by atoms with E-state index in [-0.39, 0.29) is 17.2 Å². The highest BCUT2D eigenvalue weighted by Gasteiger charge is 2.21. The number of benzene rings is 1. The molecule has 0 bridgehead atoms. The number of aryl methyl sites for hydroxylation is 1. The van der Waals surface area contributed by atoms with Gasteiger partial charge in [-0.1, -0.05) is 36.9 Å². The first-order valence-electron chi connectivity index (χ1n) is 9.57. The fourth-order valence-electron chi connectivity index (χ4n) is 3.66. The Morgan fingerprint density at radius 2 is 2.11 bits per heavy atom. The molecule has 0 unspecified atom stereocenters. The van der Waals surface area contributed by atoms with Crippen LogP contribution in [0.1, 0.15) is 32.6 Å². The topological polar surface area (TPSA) is 72.5 Å². The molecule has 8 heteroatoms. The minimum atomic E-state index is -0.106. The molecule has 28 heavy (non-hydrogen) atoms. The molecule has 2 aromatic heterocycles. The molecular formula is C20H23N5O2S. The number of nitrogens with zero attached hydrogens (tertiary/aromatic N) is 5. The van der Waals surface area contributed by atoms with Crippen LogP contribution in [0, 0.1) is 0 Å². The molecule has 3 aromatic rings. The van der Waals surface area contributed by atoms with Crippen LogP contribution >= 0.6 is 11.8 Å². The fourth-order valence-corrected chi connectivity index (χ4v) is 4.48. The van der Waals surface area contributed by atoms with E-state index in [1.165, 1.54) is 16.3 Å². The van der Waals surface area contributed by atoms with Gasteiger partial charge in [-0.25, -0.2) is 0 Å². The van der Waals surface area contributed by atoms with E-state index >= 15 is 0 Å². The quantitative estimate of drug-likeness (QED) is 0.598. The Balaban J connectivity index is 1.65. The number of carbonyl (C=O) groups is 1. The van der Waals surface area contributed by atoms with Crippen molar-refractivity contribution in [2.45, 2.75) is 37.8 Å². The molecule has 1 amide bonds. The first kappa shape index (κ1) is 18.7. The number of fused-ring (bicyclic) bond motifs is 3. The molecule has 0 radical (unpaired) electrons. The van der Waals surface area contributed by atoms with Crippen LogP contribution in [0.5, 0.6) is 0 Å². The number of allylic oxidation sites excluding steroid dienone is 2. The summed E-state index contributed by atoms with van der Waals surface area (Å²) < 4.78 is 3.35. The third-order valence-electron chi connectivity index (χ3n) is 5.03. The van der Waals surface area contributed by atoms with Crippen LogP contribution < -0.4 is 5.56 Å². The van der Waals surface area contributed by atoms with Crippen molar-refractivity contribution in [3.05, 3.63) is 46.4 Å². The van der Waals surface area contributed by atoms with Gasteiger partial charge in [0.1, 0.15) is 0 Å². The summed E-state index contributed by atoms with van der Waals surface area (Å²) in [6.45, 7) is 2.82. The molecule has 2 heterocycles. The second-order valence-electron chi connectivity index (χ2n) is 6.92. The van der Waals surface area contributed by atoms with E-state index in [1.54, 1.807) is 13.1 Å². The van der Waals surface area contributed by atoms with Gasteiger partial charge in [0.2, 0.25) is 11.7 Å². The van der Waals surface area contributed by atoms with Crippen LogP contribution in [0.25, 0.3) is 16.7 Å². The van der Waals surface area contributed by atoms with E-state index in [9.17, 15) is 9.59 Å². The van der Waals surface area contributed by atoms with Crippen LogP contribution in [-0.4, -0.2) is 42.3 Å². The maximum absolute atomic E-state index is 12.9. The Hall–Kier alpha value is -2.61. The zero-order valence-corrected chi connectivity index (χ0v) is 16.9. The molecule has 0 aliphatic heterocycles. The van der Waals surface area contributed by atoms with E-state index in [0.717, 1.165) is 43.4 Å². The minimum absolute atomic E-state index is 0.0888. The molecule has 0 N–H and O–H groups in total. The summed E-state index contributed by atoms with van der Waals surface area (Å²) in [5, 5.41) is 9.66. The third kappa shape index (κ3) is 3.22. The Bertz CT molecular complexity index is 1130. The number of amides is 1. The van der Waals surface area contributed by atoms with Crippen molar-refractivity contribution in [1.82, 2.24) is 24.1 Å². The maximum Gasteiger partial charge on any atom is 0.262 e. The normalized spacial score (nSPS) is 14.0. The van der Waals surface area contributed by atoms with Crippen molar-refractivity contribution >= 4 is 34.3 Å². The van der Waals surface area contributed by atoms with E-state index in [0.29, 0.717) is 16.3 Å². The molecule has 1 aliphatic rings. The van der Waals surface area contributed by atoms with Crippen molar-refractivity contribution in [3.8, 4) is 0 Å². The summed E-state index contributed by atoms with van der Waals surface area (Å²) in [6.07, 6.45) is 6.23. The van der Waals surface area contributed by atoms with Gasteiger partial charge < -0.3 is 4.90 Å². The smallest absolute Gasteiger partial charge is 0.262 e. The van der Waals surface area contributed by atoms with Crippen LogP contribution in [-0.2, 0) is 11.8 Å². The summed E-state index contributed by atoms with van der Waals surface area (Å²) in [7, 11) is 1.69. The fraction of sp³-hybridized carbons (Fsp3) is 0.400. The highest BCUT2D eigenvalue weighted by Crippen LogP contribution is 2.25. The van der Waals surface area contributed by atoms with Crippen LogP contribution in [0.2, 0.25) is 0 Å². The Morgan fingerprint density at radius 3 is 2.86 bits per heavy atom. The molecular weight excluding hydrogens is 374 g/mol. The zero-order chi connectivity index (χ0) is 19.7. The standard InChI is InChI=1S/C20H23N5O2S/c1-3-12-24(14-8-4-5-9-14)17(26)13-28-20-22-21-19-23(2)18(27)15-10-6-7-11-16(15)25(19)20/h6-8,10-11H,3-5,9,12-13H2,1-2H3. The summed E-state index contributed by atoms with van der Waals surface area (Å²) in [4.78, 5) is 27.3. The van der Waals surface area contributed by atoms with Gasteiger partial charge in [0.05, 0.1) is 16.7 Å². The van der Waals surface area contributed by atoms with E-state index in [4.69, 9.17) is 0 Å². The molecule has 7 nitrogen and oxygen atoms in total. The third-order valence-corrected chi connectivity index (χ3v) is 5.95. The van der Waals surface area contributed by atoms with E-state index < -0.39 is 0 Å². The number of rotatable bonds is 6. The molecule has 1 aromatic carbocycles. The molecule has 0 fully saturated rings. The number of carbonyl (C=O) groups excluding carboxylic acids is 1. The first-order valence-corrected chi connectivity index (χ1v) is 10.6. The lowest BCUT2D eigenvalue weighted by atomic mass is 10.2. The van der Waals surface area contributed by atoms with Crippen molar-refractivity contribution < 1.29 is 4.79 Å². The van der Waals surface area contributed by atoms with Crippen LogP contribution in [0.15, 0.2) is 46.0 Å². The lowest BCUT2D eigenvalue weighted by Crippen LogP contribution is -2.32. The van der Waals surface area contributed by atoms with Gasteiger partial charge in [0, 0.05) is 19.3 Å². The maximum atomic E-state index is 12.9. The average molecular weight is 398 g/mol. The second-order valence-corrected chi connectivity index (χ2v) is 7.86. The number of hydrogen-bond acceptors (Lipinski definition) is 5. The largest absolute Gasteiger partial charge is 0.316 e. The van der Waals surface area contributed by atoms with Gasteiger partial charge in [0.15, 0.2) is 5.16 Å². The SMILES string of the molecule is CCCN(C(=O)CSc1nnc2n(C)c(=O)c3ccccc3n12)C1=CCCC1. The number of aromatic nitrogens is 4. The lowest BCUT2D eigenvalue weighted by Gasteiger charge is -2.23. The van der Waals surface area contributed by atoms with Crippen molar-refractivity contribution in [2.24, 2.45) is 7.05 Å². The summed E-state index contributed by atoms with van der Waals surface area (Å²) >= 11 is 1.36. The monoisotopic (exact) mass is 397 g/mol. The van der Waals surface area contributed by atoms with Gasteiger partial charge in [-0.3, -0.25) is 18.6 Å². The van der Waals surface area contributed by atoms with Gasteiger partial charge in [0.25, 0.3) is 5.56 Å². The Kier molecular flexibility index (Phi) is 5.21. The molecule has 0 atom stereocenters. The lowest BCUT2D eigenvalue weighted by molar-refractivity contribution is -0.126. The second kappa shape index (κ2) is 7.79. The molecule has 1 aliphatic carbocycles. The van der Waals surface area contributed by atoms with Crippen molar-refractivity contribution in [1.29, 1.82) is 0 Å². The average Bonchev–Trinajstić information content (AvgIpc) is 3.38. The Labute approximate surface area is 167 Å². The van der Waals surface area contributed by atoms with Crippen LogP contribution in [0.4, 0.5) is 0 Å². The minimum Gasteiger partial charge on any atom is -0.316 e. The molecule has 0 spiro atoms. The number of para-hydroxylation sites is 1. The number of thioether (sulfide) groups is 1. The van der Waals surface area contributed by atoms with Gasteiger partial charge in [-0.15, -0.1) is 10.2 Å². The predicted octanol–water partition coefficient (Wildman–Crippen LogP) is 2.98. The molecule has 4 rings (SSSR count). The summed E-state index contributed by atoms with van der Waals surface area (Å²) in [6, 6.07) is 7.41. The van der Waals surface area contributed by atoms with Gasteiger partial charge in [-0.05, 0) is 37.8 Å².